The van der Waals surface area contributed by atoms with Crippen LogP contribution in [0.3, 0.4) is 0 Å². The molecule has 0 spiro atoms. The summed E-state index contributed by atoms with van der Waals surface area (Å²) in [4.78, 5) is 0. The first kappa shape index (κ1) is 13.5. The smallest absolute Gasteiger partial charge is 0.208 e. The molecule has 0 aliphatic rings. The van der Waals surface area contributed by atoms with Crippen molar-refractivity contribution in [2.45, 2.75) is 11.8 Å². The quantitative estimate of drug-likeness (QED) is 0.815. The third kappa shape index (κ3) is 2.20. The fourth-order valence-electron chi connectivity index (χ4n) is 2.05. The molecule has 1 nitrogen and oxygen atoms in total. The van der Waals surface area contributed by atoms with Gasteiger partial charge in [-0.2, -0.15) is 5.26 Å². The van der Waals surface area contributed by atoms with Gasteiger partial charge in [0.2, 0.25) is 0 Å². The van der Waals surface area contributed by atoms with Gasteiger partial charge in [0.15, 0.2) is 5.41 Å². The molecule has 4 heteroatoms. The predicted octanol–water partition coefficient (Wildman–Crippen LogP) is 4.41. The van der Waals surface area contributed by atoms with Gasteiger partial charge in [0.1, 0.15) is 0 Å². The van der Waals surface area contributed by atoms with Crippen molar-refractivity contribution in [3.05, 3.63) is 70.7 Å². The standard InChI is InChI=1S/C15H10ClF2N/c16-13-9-5-4-8-12(13)15(10-19,14(17)18)11-6-2-1-3-7-11/h1-9,14H/t15-/m1/s1. The van der Waals surface area contributed by atoms with Crippen LogP contribution in [0.25, 0.3) is 0 Å². The number of halogens is 3. The van der Waals surface area contributed by atoms with E-state index in [-0.39, 0.29) is 16.1 Å². The van der Waals surface area contributed by atoms with E-state index in [4.69, 9.17) is 11.6 Å². The third-order valence-electron chi connectivity index (χ3n) is 3.03. The Bertz CT molecular complexity index is 607. The lowest BCUT2D eigenvalue weighted by atomic mass is 9.76. The Morgan fingerprint density at radius 1 is 1.00 bits per heavy atom. The molecule has 1 atom stereocenters. The molecule has 0 heterocycles. The van der Waals surface area contributed by atoms with Gasteiger partial charge in [-0.15, -0.1) is 0 Å². The van der Waals surface area contributed by atoms with E-state index >= 15 is 0 Å². The van der Waals surface area contributed by atoms with Crippen molar-refractivity contribution < 1.29 is 8.78 Å². The Morgan fingerprint density at radius 3 is 2.11 bits per heavy atom. The normalized spacial score (nSPS) is 13.8. The molecule has 0 saturated carbocycles. The van der Waals surface area contributed by atoms with E-state index in [1.807, 2.05) is 0 Å². The average molecular weight is 278 g/mol. The Morgan fingerprint density at radius 2 is 1.58 bits per heavy atom. The summed E-state index contributed by atoms with van der Waals surface area (Å²) in [5, 5.41) is 9.55. The molecule has 0 saturated heterocycles. The lowest BCUT2D eigenvalue weighted by molar-refractivity contribution is 0.0985. The highest BCUT2D eigenvalue weighted by Gasteiger charge is 2.45. The molecule has 0 N–H and O–H groups in total. The molecule has 0 aliphatic heterocycles. The van der Waals surface area contributed by atoms with Crippen LogP contribution in [0.1, 0.15) is 11.1 Å². The monoisotopic (exact) mass is 277 g/mol. The molecule has 19 heavy (non-hydrogen) atoms. The van der Waals surface area contributed by atoms with Crippen molar-refractivity contribution in [3.8, 4) is 6.07 Å². The number of rotatable bonds is 3. The summed E-state index contributed by atoms with van der Waals surface area (Å²) in [6, 6.07) is 16.0. The van der Waals surface area contributed by atoms with Crippen LogP contribution in [-0.4, -0.2) is 6.43 Å². The molecule has 0 aliphatic carbocycles. The maximum absolute atomic E-state index is 13.6. The summed E-state index contributed by atoms with van der Waals surface area (Å²) in [5.41, 5.74) is -1.68. The van der Waals surface area contributed by atoms with Gasteiger partial charge < -0.3 is 0 Å². The van der Waals surface area contributed by atoms with E-state index in [9.17, 15) is 14.0 Å². The van der Waals surface area contributed by atoms with Crippen LogP contribution in [-0.2, 0) is 5.41 Å². The van der Waals surface area contributed by atoms with E-state index in [1.54, 1.807) is 36.4 Å². The summed E-state index contributed by atoms with van der Waals surface area (Å²) >= 11 is 6.00. The average Bonchev–Trinajstić information content (AvgIpc) is 2.43. The van der Waals surface area contributed by atoms with Gasteiger partial charge in [0.25, 0.3) is 6.43 Å². The highest BCUT2D eigenvalue weighted by molar-refractivity contribution is 6.31. The Hall–Kier alpha value is -1.92. The molecule has 2 aromatic carbocycles. The van der Waals surface area contributed by atoms with Crippen LogP contribution in [0.4, 0.5) is 8.78 Å². The van der Waals surface area contributed by atoms with Crippen molar-refractivity contribution in [3.63, 3.8) is 0 Å². The van der Waals surface area contributed by atoms with Crippen molar-refractivity contribution in [2.24, 2.45) is 0 Å². The minimum atomic E-state index is -2.88. The molecular weight excluding hydrogens is 268 g/mol. The second kappa shape index (κ2) is 5.38. The van der Waals surface area contributed by atoms with Crippen molar-refractivity contribution >= 4 is 11.6 Å². The van der Waals surface area contributed by atoms with E-state index < -0.39 is 11.8 Å². The van der Waals surface area contributed by atoms with Crippen LogP contribution >= 0.6 is 11.6 Å². The number of benzene rings is 2. The topological polar surface area (TPSA) is 23.8 Å². The summed E-state index contributed by atoms with van der Waals surface area (Å²) in [5.74, 6) is 0. The molecule has 2 aromatic rings. The summed E-state index contributed by atoms with van der Waals surface area (Å²) in [6.07, 6.45) is -2.88. The Balaban J connectivity index is 2.74. The lowest BCUT2D eigenvalue weighted by Gasteiger charge is -2.27. The fourth-order valence-corrected chi connectivity index (χ4v) is 2.34. The fraction of sp³-hybridized carbons (Fsp3) is 0.133. The second-order valence-electron chi connectivity index (χ2n) is 4.07. The van der Waals surface area contributed by atoms with Gasteiger partial charge in [-0.25, -0.2) is 8.78 Å². The number of hydrogen-bond acceptors (Lipinski definition) is 1. The summed E-state index contributed by atoms with van der Waals surface area (Å²) < 4.78 is 27.3. The maximum Gasteiger partial charge on any atom is 0.265 e. The molecule has 0 unspecified atom stereocenters. The van der Waals surface area contributed by atoms with E-state index in [0.29, 0.717) is 0 Å². The van der Waals surface area contributed by atoms with Crippen LogP contribution in [0.5, 0.6) is 0 Å². The molecule has 0 fully saturated rings. The number of hydrogen-bond donors (Lipinski definition) is 0. The Kier molecular flexibility index (Phi) is 3.82. The van der Waals surface area contributed by atoms with Gasteiger partial charge in [0.05, 0.1) is 6.07 Å². The first-order valence-corrected chi connectivity index (χ1v) is 6.00. The third-order valence-corrected chi connectivity index (χ3v) is 3.36. The van der Waals surface area contributed by atoms with Gasteiger partial charge >= 0.3 is 0 Å². The first-order chi connectivity index (χ1) is 9.13. The van der Waals surface area contributed by atoms with Gasteiger partial charge in [0, 0.05) is 10.6 Å². The second-order valence-corrected chi connectivity index (χ2v) is 4.47. The zero-order chi connectivity index (χ0) is 13.9. The molecule has 2 rings (SSSR count). The van der Waals surface area contributed by atoms with Crippen LogP contribution in [0, 0.1) is 11.3 Å². The molecular formula is C15H10ClF2N. The van der Waals surface area contributed by atoms with E-state index in [1.165, 1.54) is 24.3 Å². The largest absolute Gasteiger partial charge is 0.265 e. The summed E-state index contributed by atoms with van der Waals surface area (Å²) in [6.45, 7) is 0. The molecule has 96 valence electrons. The summed E-state index contributed by atoms with van der Waals surface area (Å²) in [7, 11) is 0. The van der Waals surface area contributed by atoms with E-state index in [2.05, 4.69) is 0 Å². The van der Waals surface area contributed by atoms with Crippen molar-refractivity contribution in [1.29, 1.82) is 5.26 Å². The Labute approximate surface area is 115 Å². The zero-order valence-electron chi connectivity index (χ0n) is 9.85. The zero-order valence-corrected chi connectivity index (χ0v) is 10.6. The number of nitriles is 1. The lowest BCUT2D eigenvalue weighted by Crippen LogP contribution is -2.34. The van der Waals surface area contributed by atoms with Crippen molar-refractivity contribution in [1.82, 2.24) is 0 Å². The predicted molar refractivity (Wildman–Crippen MR) is 70.3 cm³/mol. The molecule has 0 bridgehead atoms. The number of alkyl halides is 2. The van der Waals surface area contributed by atoms with Gasteiger partial charge in [-0.05, 0) is 11.6 Å². The highest BCUT2D eigenvalue weighted by atomic mass is 35.5. The molecule has 0 radical (unpaired) electrons. The molecule has 0 aromatic heterocycles. The van der Waals surface area contributed by atoms with Gasteiger partial charge in [-0.1, -0.05) is 60.1 Å². The van der Waals surface area contributed by atoms with Crippen molar-refractivity contribution in [2.75, 3.05) is 0 Å². The SMILES string of the molecule is N#C[C@@](c1ccccc1)(c1ccccc1Cl)C(F)F. The minimum absolute atomic E-state index is 0.125. The first-order valence-electron chi connectivity index (χ1n) is 5.63. The van der Waals surface area contributed by atoms with Crippen LogP contribution < -0.4 is 0 Å². The minimum Gasteiger partial charge on any atom is -0.208 e. The van der Waals surface area contributed by atoms with Crippen LogP contribution in [0.15, 0.2) is 54.6 Å². The van der Waals surface area contributed by atoms with Crippen LogP contribution in [0.2, 0.25) is 5.02 Å². The maximum atomic E-state index is 13.6. The van der Waals surface area contributed by atoms with Gasteiger partial charge in [-0.3, -0.25) is 0 Å². The number of nitrogens with zero attached hydrogens (tertiary/aromatic N) is 1. The highest BCUT2D eigenvalue weighted by Crippen LogP contribution is 2.40. The molecule has 0 amide bonds. The van der Waals surface area contributed by atoms with E-state index in [0.717, 1.165) is 0 Å².